The van der Waals surface area contributed by atoms with Crippen LogP contribution in [0.4, 0.5) is 0 Å². The molecule has 6 nitrogen and oxygen atoms in total. The van der Waals surface area contributed by atoms with Gasteiger partial charge < -0.3 is 20.3 Å². The molecule has 2 fully saturated rings. The molecule has 2 N–H and O–H groups in total. The van der Waals surface area contributed by atoms with E-state index in [0.29, 0.717) is 38.2 Å². The molecule has 0 radical (unpaired) electrons. The fraction of sp³-hybridized carbons (Fsp3) is 0.846. The van der Waals surface area contributed by atoms with E-state index in [1.165, 1.54) is 6.42 Å². The van der Waals surface area contributed by atoms with Crippen molar-refractivity contribution in [1.29, 1.82) is 0 Å². The SMILES string of the molecule is CC1CCCN(C(N)=NCC(=O)N2CCOCC2)C1. The summed E-state index contributed by atoms with van der Waals surface area (Å²) >= 11 is 0. The zero-order valence-corrected chi connectivity index (χ0v) is 11.7. The number of likely N-dealkylation sites (tertiary alicyclic amines) is 1. The third kappa shape index (κ3) is 4.09. The lowest BCUT2D eigenvalue weighted by molar-refractivity contribution is -0.133. The predicted molar refractivity (Wildman–Crippen MR) is 73.9 cm³/mol. The van der Waals surface area contributed by atoms with E-state index in [9.17, 15) is 4.79 Å². The smallest absolute Gasteiger partial charge is 0.244 e. The van der Waals surface area contributed by atoms with E-state index in [1.807, 2.05) is 0 Å². The topological polar surface area (TPSA) is 71.2 Å². The maximum Gasteiger partial charge on any atom is 0.244 e. The van der Waals surface area contributed by atoms with Crippen LogP contribution < -0.4 is 5.73 Å². The molecule has 2 saturated heterocycles. The Hall–Kier alpha value is -1.30. The molecule has 0 saturated carbocycles. The highest BCUT2D eigenvalue weighted by Gasteiger charge is 2.19. The lowest BCUT2D eigenvalue weighted by Crippen LogP contribution is -2.45. The Bertz CT molecular complexity index is 340. The number of nitrogens with two attached hydrogens (primary N) is 1. The molecule has 2 rings (SSSR count). The molecule has 108 valence electrons. The summed E-state index contributed by atoms with van der Waals surface area (Å²) in [4.78, 5) is 20.1. The minimum absolute atomic E-state index is 0.0382. The summed E-state index contributed by atoms with van der Waals surface area (Å²) in [6, 6.07) is 0. The molecule has 19 heavy (non-hydrogen) atoms. The molecule has 6 heteroatoms. The van der Waals surface area contributed by atoms with Gasteiger partial charge in [-0.3, -0.25) is 4.79 Å². The summed E-state index contributed by atoms with van der Waals surface area (Å²) in [7, 11) is 0. The van der Waals surface area contributed by atoms with Gasteiger partial charge in [0.05, 0.1) is 13.2 Å². The van der Waals surface area contributed by atoms with E-state index in [0.717, 1.165) is 19.5 Å². The molecule has 0 aromatic heterocycles. The number of ether oxygens (including phenoxy) is 1. The van der Waals surface area contributed by atoms with Crippen molar-refractivity contribution in [3.8, 4) is 0 Å². The molecule has 2 aliphatic heterocycles. The van der Waals surface area contributed by atoms with Crippen LogP contribution in [0, 0.1) is 5.92 Å². The number of carbonyl (C=O) groups is 1. The summed E-state index contributed by atoms with van der Waals surface area (Å²) in [5.74, 6) is 1.20. The van der Waals surface area contributed by atoms with Crippen LogP contribution in [-0.4, -0.2) is 67.6 Å². The fourth-order valence-corrected chi connectivity index (χ4v) is 2.56. The largest absolute Gasteiger partial charge is 0.378 e. The number of hydrogen-bond acceptors (Lipinski definition) is 3. The Morgan fingerprint density at radius 2 is 2.05 bits per heavy atom. The number of rotatable bonds is 2. The molecule has 2 heterocycles. The molecule has 0 aromatic rings. The Labute approximate surface area is 114 Å². The molecular formula is C13H24N4O2. The number of carbonyl (C=O) groups excluding carboxylic acids is 1. The summed E-state index contributed by atoms with van der Waals surface area (Å²) in [5, 5.41) is 0. The molecule has 1 amide bonds. The van der Waals surface area contributed by atoms with Crippen molar-refractivity contribution in [2.45, 2.75) is 19.8 Å². The van der Waals surface area contributed by atoms with E-state index in [2.05, 4.69) is 16.8 Å². The van der Waals surface area contributed by atoms with Crippen molar-refractivity contribution in [2.24, 2.45) is 16.6 Å². The van der Waals surface area contributed by atoms with E-state index in [1.54, 1.807) is 4.90 Å². The van der Waals surface area contributed by atoms with Gasteiger partial charge in [-0.15, -0.1) is 0 Å². The maximum atomic E-state index is 11.9. The van der Waals surface area contributed by atoms with Crippen molar-refractivity contribution in [3.05, 3.63) is 0 Å². The van der Waals surface area contributed by atoms with Gasteiger partial charge in [0.25, 0.3) is 0 Å². The van der Waals surface area contributed by atoms with Gasteiger partial charge in [0.2, 0.25) is 5.91 Å². The number of guanidine groups is 1. The first kappa shape index (κ1) is 14.1. The predicted octanol–water partition coefficient (Wildman–Crippen LogP) is -0.108. The van der Waals surface area contributed by atoms with Crippen LogP contribution in [0.2, 0.25) is 0 Å². The molecule has 0 spiro atoms. The van der Waals surface area contributed by atoms with Gasteiger partial charge in [-0.1, -0.05) is 6.92 Å². The first-order valence-corrected chi connectivity index (χ1v) is 7.07. The van der Waals surface area contributed by atoms with Crippen molar-refractivity contribution in [1.82, 2.24) is 9.80 Å². The normalized spacial score (nSPS) is 25.5. The number of hydrogen-bond donors (Lipinski definition) is 1. The zero-order valence-electron chi connectivity index (χ0n) is 11.7. The maximum absolute atomic E-state index is 11.9. The highest BCUT2D eigenvalue weighted by molar-refractivity contribution is 5.84. The van der Waals surface area contributed by atoms with Gasteiger partial charge in [0, 0.05) is 26.2 Å². The first-order chi connectivity index (χ1) is 9.16. The number of amides is 1. The van der Waals surface area contributed by atoms with Crippen LogP contribution in [0.3, 0.4) is 0 Å². The van der Waals surface area contributed by atoms with E-state index in [4.69, 9.17) is 10.5 Å². The van der Waals surface area contributed by atoms with Crippen molar-refractivity contribution in [2.75, 3.05) is 45.9 Å². The second kappa shape index (κ2) is 6.75. The molecule has 2 aliphatic rings. The highest BCUT2D eigenvalue weighted by atomic mass is 16.5. The van der Waals surface area contributed by atoms with Gasteiger partial charge in [-0.05, 0) is 18.8 Å². The summed E-state index contributed by atoms with van der Waals surface area (Å²) in [6.45, 7) is 6.83. The quantitative estimate of drug-likeness (QED) is 0.560. The molecule has 0 aromatic carbocycles. The first-order valence-electron chi connectivity index (χ1n) is 7.07. The second-order valence-corrected chi connectivity index (χ2v) is 5.36. The zero-order chi connectivity index (χ0) is 13.7. The average molecular weight is 268 g/mol. The Morgan fingerprint density at radius 1 is 1.32 bits per heavy atom. The lowest BCUT2D eigenvalue weighted by Gasteiger charge is -2.32. The van der Waals surface area contributed by atoms with Crippen molar-refractivity contribution >= 4 is 11.9 Å². The van der Waals surface area contributed by atoms with E-state index >= 15 is 0 Å². The number of morpholine rings is 1. The number of aliphatic imine (C=N–C) groups is 1. The lowest BCUT2D eigenvalue weighted by atomic mass is 10.0. The summed E-state index contributed by atoms with van der Waals surface area (Å²) < 4.78 is 5.22. The Morgan fingerprint density at radius 3 is 2.74 bits per heavy atom. The minimum atomic E-state index is 0.0382. The molecule has 1 unspecified atom stereocenters. The summed E-state index contributed by atoms with van der Waals surface area (Å²) in [5.41, 5.74) is 5.97. The van der Waals surface area contributed by atoms with Crippen LogP contribution in [0.15, 0.2) is 4.99 Å². The standard InChI is InChI=1S/C13H24N4O2/c1-11-3-2-4-17(10-11)13(14)15-9-12(18)16-5-7-19-8-6-16/h11H,2-10H2,1H3,(H2,14,15). The van der Waals surface area contributed by atoms with Gasteiger partial charge in [0.1, 0.15) is 6.54 Å². The van der Waals surface area contributed by atoms with E-state index in [-0.39, 0.29) is 12.5 Å². The number of nitrogens with zero attached hydrogens (tertiary/aromatic N) is 3. The summed E-state index contributed by atoms with van der Waals surface area (Å²) in [6.07, 6.45) is 2.39. The van der Waals surface area contributed by atoms with Crippen molar-refractivity contribution < 1.29 is 9.53 Å². The van der Waals surface area contributed by atoms with Crippen LogP contribution in [0.1, 0.15) is 19.8 Å². The third-order valence-electron chi connectivity index (χ3n) is 3.72. The highest BCUT2D eigenvalue weighted by Crippen LogP contribution is 2.14. The molecule has 1 atom stereocenters. The molecule has 0 aliphatic carbocycles. The van der Waals surface area contributed by atoms with Gasteiger partial charge in [-0.2, -0.15) is 0 Å². The number of piperidine rings is 1. The van der Waals surface area contributed by atoms with Gasteiger partial charge in [0.15, 0.2) is 5.96 Å². The Balaban J connectivity index is 1.81. The van der Waals surface area contributed by atoms with Gasteiger partial charge in [-0.25, -0.2) is 4.99 Å². The molecular weight excluding hydrogens is 244 g/mol. The Kier molecular flexibility index (Phi) is 5.01. The van der Waals surface area contributed by atoms with Crippen molar-refractivity contribution in [3.63, 3.8) is 0 Å². The van der Waals surface area contributed by atoms with Crippen LogP contribution >= 0.6 is 0 Å². The monoisotopic (exact) mass is 268 g/mol. The van der Waals surface area contributed by atoms with Crippen LogP contribution in [0.5, 0.6) is 0 Å². The van der Waals surface area contributed by atoms with Crippen LogP contribution in [0.25, 0.3) is 0 Å². The fourth-order valence-electron chi connectivity index (χ4n) is 2.56. The minimum Gasteiger partial charge on any atom is -0.378 e. The van der Waals surface area contributed by atoms with Crippen LogP contribution in [-0.2, 0) is 9.53 Å². The second-order valence-electron chi connectivity index (χ2n) is 5.36. The van der Waals surface area contributed by atoms with Gasteiger partial charge >= 0.3 is 0 Å². The van der Waals surface area contributed by atoms with E-state index < -0.39 is 0 Å². The molecule has 0 bridgehead atoms. The average Bonchev–Trinajstić information content (AvgIpc) is 2.45. The third-order valence-corrected chi connectivity index (χ3v) is 3.72.